The average molecular weight is 252 g/mol. The van der Waals surface area contributed by atoms with E-state index in [9.17, 15) is 18.5 Å². The largest absolute Gasteiger partial charge is 0.294 e. The molecule has 0 unspecified atom stereocenters. The minimum absolute atomic E-state index is 0.109. The van der Waals surface area contributed by atoms with Gasteiger partial charge in [0.2, 0.25) is 0 Å². The van der Waals surface area contributed by atoms with Gasteiger partial charge in [-0.3, -0.25) is 14.7 Å². The fourth-order valence-corrected chi connectivity index (χ4v) is 1.71. The van der Waals surface area contributed by atoms with Crippen LogP contribution in [0.4, 0.5) is 5.69 Å². The fraction of sp³-hybridized carbons (Fsp3) is 0.143. The van der Waals surface area contributed by atoms with Gasteiger partial charge in [0.15, 0.2) is 0 Å². The third kappa shape index (κ3) is 2.65. The standard InChI is InChI=1S/C7H6ClNO5S/c8-4-5-1-2-6(15(12,13)14)3-7(5)9(10)11/h1-3H,4H2,(H,12,13,14). The molecule has 0 bridgehead atoms. The van der Waals surface area contributed by atoms with Gasteiger partial charge in [-0.2, -0.15) is 8.42 Å². The summed E-state index contributed by atoms with van der Waals surface area (Å²) in [4.78, 5) is 9.25. The average Bonchev–Trinajstić information content (AvgIpc) is 2.15. The van der Waals surface area contributed by atoms with Crippen molar-refractivity contribution in [1.29, 1.82) is 0 Å². The maximum absolute atomic E-state index is 10.7. The van der Waals surface area contributed by atoms with Crippen molar-refractivity contribution in [2.24, 2.45) is 0 Å². The molecule has 0 saturated carbocycles. The number of rotatable bonds is 3. The van der Waals surface area contributed by atoms with Gasteiger partial charge < -0.3 is 0 Å². The summed E-state index contributed by atoms with van der Waals surface area (Å²) in [5.41, 5.74) is -0.241. The molecule has 0 aromatic heterocycles. The van der Waals surface area contributed by atoms with Crippen LogP contribution in [-0.2, 0) is 16.0 Å². The highest BCUT2D eigenvalue weighted by Gasteiger charge is 2.18. The molecule has 82 valence electrons. The molecule has 15 heavy (non-hydrogen) atoms. The third-order valence-electron chi connectivity index (χ3n) is 1.70. The first-order valence-corrected chi connectivity index (χ1v) is 5.64. The Morgan fingerprint density at radius 3 is 2.47 bits per heavy atom. The molecule has 0 amide bonds. The van der Waals surface area contributed by atoms with Crippen molar-refractivity contribution in [1.82, 2.24) is 0 Å². The molecule has 1 rings (SSSR count). The van der Waals surface area contributed by atoms with Crippen LogP contribution in [0.2, 0.25) is 0 Å². The van der Waals surface area contributed by atoms with Crippen LogP contribution < -0.4 is 0 Å². The Balaban J connectivity index is 3.42. The lowest BCUT2D eigenvalue weighted by Gasteiger charge is -2.00. The maximum Gasteiger partial charge on any atom is 0.294 e. The molecule has 0 aliphatic rings. The molecule has 0 atom stereocenters. The second kappa shape index (κ2) is 4.13. The van der Waals surface area contributed by atoms with Crippen molar-refractivity contribution in [2.45, 2.75) is 10.8 Å². The van der Waals surface area contributed by atoms with Gasteiger partial charge >= 0.3 is 0 Å². The molecule has 1 aromatic rings. The second-order valence-corrected chi connectivity index (χ2v) is 4.35. The van der Waals surface area contributed by atoms with E-state index in [0.29, 0.717) is 0 Å². The van der Waals surface area contributed by atoms with Crippen LogP contribution in [0.5, 0.6) is 0 Å². The molecule has 6 nitrogen and oxygen atoms in total. The first-order chi connectivity index (χ1) is 6.86. The Kier molecular flexibility index (Phi) is 3.28. The summed E-state index contributed by atoms with van der Waals surface area (Å²) >= 11 is 5.43. The van der Waals surface area contributed by atoms with Crippen LogP contribution >= 0.6 is 11.6 Å². The van der Waals surface area contributed by atoms with Gasteiger partial charge in [-0.25, -0.2) is 0 Å². The number of hydrogen-bond acceptors (Lipinski definition) is 4. The van der Waals surface area contributed by atoms with E-state index in [-0.39, 0.29) is 11.4 Å². The van der Waals surface area contributed by atoms with Gasteiger partial charge in [0.05, 0.1) is 10.8 Å². The van der Waals surface area contributed by atoms with E-state index in [1.165, 1.54) is 6.07 Å². The van der Waals surface area contributed by atoms with Crippen LogP contribution in [-0.4, -0.2) is 17.9 Å². The first kappa shape index (κ1) is 11.9. The Morgan fingerprint density at radius 2 is 2.07 bits per heavy atom. The lowest BCUT2D eigenvalue weighted by atomic mass is 10.2. The van der Waals surface area contributed by atoms with Gasteiger partial charge in [0, 0.05) is 11.6 Å². The predicted octanol–water partition coefficient (Wildman–Crippen LogP) is 1.58. The number of alkyl halides is 1. The molecule has 0 aliphatic heterocycles. The molecule has 0 heterocycles. The molecule has 0 saturated heterocycles. The van der Waals surface area contributed by atoms with E-state index in [2.05, 4.69) is 0 Å². The minimum atomic E-state index is -4.43. The Labute approximate surface area is 90.4 Å². The lowest BCUT2D eigenvalue weighted by Crippen LogP contribution is -2.01. The van der Waals surface area contributed by atoms with Crippen LogP contribution in [0.15, 0.2) is 23.1 Å². The maximum atomic E-state index is 10.7. The van der Waals surface area contributed by atoms with E-state index in [1.807, 2.05) is 0 Å². The highest BCUT2D eigenvalue weighted by molar-refractivity contribution is 7.85. The normalized spacial score (nSPS) is 11.3. The summed E-state index contributed by atoms with van der Waals surface area (Å²) < 4.78 is 30.1. The van der Waals surface area contributed by atoms with Crippen LogP contribution in [0.3, 0.4) is 0 Å². The quantitative estimate of drug-likeness (QED) is 0.381. The number of halogens is 1. The second-order valence-electron chi connectivity index (χ2n) is 2.66. The first-order valence-electron chi connectivity index (χ1n) is 3.67. The van der Waals surface area contributed by atoms with E-state index >= 15 is 0 Å². The summed E-state index contributed by atoms with van der Waals surface area (Å²) in [5.74, 6) is -0.109. The Hall–Kier alpha value is -1.18. The molecule has 1 aromatic carbocycles. The minimum Gasteiger partial charge on any atom is -0.282 e. The topological polar surface area (TPSA) is 97.5 Å². The highest BCUT2D eigenvalue weighted by Crippen LogP contribution is 2.24. The smallest absolute Gasteiger partial charge is 0.282 e. The lowest BCUT2D eigenvalue weighted by molar-refractivity contribution is -0.385. The van der Waals surface area contributed by atoms with Crippen LogP contribution in [0.1, 0.15) is 5.56 Å². The van der Waals surface area contributed by atoms with Gasteiger partial charge in [-0.15, -0.1) is 11.6 Å². The van der Waals surface area contributed by atoms with Crippen molar-refractivity contribution in [2.75, 3.05) is 0 Å². The van der Waals surface area contributed by atoms with E-state index in [4.69, 9.17) is 16.2 Å². The molecule has 8 heteroatoms. The summed E-state index contributed by atoms with van der Waals surface area (Å²) in [6, 6.07) is 3.02. The van der Waals surface area contributed by atoms with Crippen molar-refractivity contribution >= 4 is 27.4 Å². The van der Waals surface area contributed by atoms with Gasteiger partial charge in [-0.1, -0.05) is 0 Å². The molecule has 0 fully saturated rings. The molecule has 0 spiro atoms. The zero-order valence-corrected chi connectivity index (χ0v) is 8.83. The number of nitro benzene ring substituents is 1. The van der Waals surface area contributed by atoms with Crippen molar-refractivity contribution in [3.63, 3.8) is 0 Å². The van der Waals surface area contributed by atoms with Crippen molar-refractivity contribution in [3.05, 3.63) is 33.9 Å². The molecule has 0 aliphatic carbocycles. The zero-order chi connectivity index (χ0) is 11.6. The molecular weight excluding hydrogens is 246 g/mol. The Bertz CT molecular complexity index is 498. The predicted molar refractivity (Wildman–Crippen MR) is 52.5 cm³/mol. The number of benzene rings is 1. The highest BCUT2D eigenvalue weighted by atomic mass is 35.5. The van der Waals surface area contributed by atoms with Crippen LogP contribution in [0.25, 0.3) is 0 Å². The van der Waals surface area contributed by atoms with Gasteiger partial charge in [0.1, 0.15) is 4.90 Å². The zero-order valence-electron chi connectivity index (χ0n) is 7.25. The third-order valence-corrected chi connectivity index (χ3v) is 2.83. The van der Waals surface area contributed by atoms with Gasteiger partial charge in [-0.05, 0) is 12.1 Å². The Morgan fingerprint density at radius 1 is 1.47 bits per heavy atom. The summed E-state index contributed by atoms with van der Waals surface area (Å²) in [7, 11) is -4.43. The molecule has 0 radical (unpaired) electrons. The summed E-state index contributed by atoms with van der Waals surface area (Å²) in [6.07, 6.45) is 0. The molecule has 1 N–H and O–H groups in total. The van der Waals surface area contributed by atoms with E-state index in [1.54, 1.807) is 0 Å². The summed E-state index contributed by atoms with van der Waals surface area (Å²) in [6.45, 7) is 0. The SMILES string of the molecule is O=[N+]([O-])c1cc(S(=O)(=O)O)ccc1CCl. The van der Waals surface area contributed by atoms with Crippen molar-refractivity contribution < 1.29 is 17.9 Å². The molecular formula is C7H6ClNO5S. The van der Waals surface area contributed by atoms with E-state index < -0.39 is 25.6 Å². The number of nitro groups is 1. The fourth-order valence-electron chi connectivity index (χ4n) is 0.987. The van der Waals surface area contributed by atoms with Crippen LogP contribution in [0, 0.1) is 10.1 Å². The monoisotopic (exact) mass is 251 g/mol. The summed E-state index contributed by atoms with van der Waals surface area (Å²) in [5, 5.41) is 10.5. The van der Waals surface area contributed by atoms with Gasteiger partial charge in [0.25, 0.3) is 15.8 Å². The number of nitrogens with zero attached hydrogens (tertiary/aromatic N) is 1. The number of hydrogen-bond donors (Lipinski definition) is 1. The van der Waals surface area contributed by atoms with E-state index in [0.717, 1.165) is 12.1 Å². The van der Waals surface area contributed by atoms with Crippen molar-refractivity contribution in [3.8, 4) is 0 Å².